The van der Waals surface area contributed by atoms with Gasteiger partial charge >= 0.3 is 0 Å². The molecule has 0 bridgehead atoms. The number of anilines is 1. The largest absolute Gasteiger partial charge is 0.386 e. The quantitative estimate of drug-likeness (QED) is 0.324. The molecule has 7 nitrogen and oxygen atoms in total. The highest BCUT2D eigenvalue weighted by Crippen LogP contribution is 2.26. The minimum Gasteiger partial charge on any atom is -0.386 e. The molecular formula is C16H13F2N3O4S. The molecule has 0 aliphatic heterocycles. The van der Waals surface area contributed by atoms with Crippen molar-refractivity contribution in [1.29, 1.82) is 0 Å². The summed E-state index contributed by atoms with van der Waals surface area (Å²) in [5.41, 5.74) is 0.798. The van der Waals surface area contributed by atoms with Crippen LogP contribution in [0.1, 0.15) is 5.56 Å². The average molecular weight is 381 g/mol. The number of non-ortho nitro benzene ring substituents is 1. The fourth-order valence-corrected chi connectivity index (χ4v) is 2.33. The van der Waals surface area contributed by atoms with Gasteiger partial charge in [-0.1, -0.05) is 29.1 Å². The molecule has 10 heteroatoms. The number of thioether (sulfide) groups is 1. The van der Waals surface area contributed by atoms with Gasteiger partial charge in [0, 0.05) is 28.3 Å². The number of hydrogen-bond donors (Lipinski definition) is 1. The normalized spacial score (nSPS) is 10.9. The van der Waals surface area contributed by atoms with Crippen LogP contribution in [0.3, 0.4) is 0 Å². The summed E-state index contributed by atoms with van der Waals surface area (Å²) in [5.74, 6) is -3.00. The van der Waals surface area contributed by atoms with Gasteiger partial charge in [-0.2, -0.15) is 8.78 Å². The summed E-state index contributed by atoms with van der Waals surface area (Å²) in [5, 5.41) is 16.8. The zero-order chi connectivity index (χ0) is 18.9. The Hall–Kier alpha value is -3.01. The zero-order valence-corrected chi connectivity index (χ0v) is 14.0. The van der Waals surface area contributed by atoms with Crippen LogP contribution < -0.4 is 5.32 Å². The molecule has 0 aliphatic rings. The van der Waals surface area contributed by atoms with Crippen molar-refractivity contribution in [3.63, 3.8) is 0 Å². The first-order valence-electron chi connectivity index (χ1n) is 7.18. The van der Waals surface area contributed by atoms with E-state index >= 15 is 0 Å². The fourth-order valence-electron chi connectivity index (χ4n) is 1.83. The number of hydrogen-bond acceptors (Lipinski definition) is 6. The van der Waals surface area contributed by atoms with E-state index in [0.29, 0.717) is 27.9 Å². The SMILES string of the molecule is O=C(CON=Cc1cccc([N+](=O)[O-])c1)Nc1ccc(SC(F)F)cc1. The highest BCUT2D eigenvalue weighted by molar-refractivity contribution is 7.99. The van der Waals surface area contributed by atoms with E-state index in [0.717, 1.165) is 0 Å². The third kappa shape index (κ3) is 6.48. The lowest BCUT2D eigenvalue weighted by Crippen LogP contribution is -2.16. The predicted molar refractivity (Wildman–Crippen MR) is 93.6 cm³/mol. The van der Waals surface area contributed by atoms with Gasteiger partial charge in [-0.15, -0.1) is 0 Å². The van der Waals surface area contributed by atoms with Gasteiger partial charge in [-0.05, 0) is 24.3 Å². The van der Waals surface area contributed by atoms with Crippen LogP contribution in [0.4, 0.5) is 20.2 Å². The molecule has 0 atom stereocenters. The summed E-state index contributed by atoms with van der Waals surface area (Å²) in [6, 6.07) is 11.7. The first kappa shape index (κ1) is 19.3. The van der Waals surface area contributed by atoms with Crippen molar-refractivity contribution in [2.75, 3.05) is 11.9 Å². The number of nitrogens with one attached hydrogen (secondary N) is 1. The molecule has 0 heterocycles. The summed E-state index contributed by atoms with van der Waals surface area (Å²) in [7, 11) is 0. The number of rotatable bonds is 8. The number of nitro benzene ring substituents is 1. The van der Waals surface area contributed by atoms with Crippen LogP contribution >= 0.6 is 11.8 Å². The summed E-state index contributed by atoms with van der Waals surface area (Å²) >= 11 is 0.412. The van der Waals surface area contributed by atoms with Crippen molar-refractivity contribution in [2.24, 2.45) is 5.16 Å². The van der Waals surface area contributed by atoms with E-state index in [-0.39, 0.29) is 12.3 Å². The Kier molecular flexibility index (Phi) is 7.03. The molecular weight excluding hydrogens is 368 g/mol. The number of amides is 1. The van der Waals surface area contributed by atoms with E-state index in [1.165, 1.54) is 48.7 Å². The van der Waals surface area contributed by atoms with Gasteiger partial charge in [0.15, 0.2) is 6.61 Å². The second-order valence-corrected chi connectivity index (χ2v) is 5.87. The molecule has 0 aromatic heterocycles. The molecule has 26 heavy (non-hydrogen) atoms. The van der Waals surface area contributed by atoms with Crippen LogP contribution in [-0.2, 0) is 9.63 Å². The Morgan fingerprint density at radius 2 is 2.04 bits per heavy atom. The summed E-state index contributed by atoms with van der Waals surface area (Å²) in [6.07, 6.45) is 1.25. The number of alkyl halides is 2. The van der Waals surface area contributed by atoms with Crippen molar-refractivity contribution in [3.05, 3.63) is 64.2 Å². The van der Waals surface area contributed by atoms with Crippen molar-refractivity contribution < 1.29 is 23.3 Å². The van der Waals surface area contributed by atoms with E-state index < -0.39 is 16.6 Å². The van der Waals surface area contributed by atoms with Crippen LogP contribution in [0, 0.1) is 10.1 Å². The lowest BCUT2D eigenvalue weighted by atomic mass is 10.2. The predicted octanol–water partition coefficient (Wildman–Crippen LogP) is 3.90. The molecule has 136 valence electrons. The van der Waals surface area contributed by atoms with Crippen molar-refractivity contribution in [2.45, 2.75) is 10.7 Å². The van der Waals surface area contributed by atoms with Gasteiger partial charge in [0.25, 0.3) is 17.4 Å². The average Bonchev–Trinajstić information content (AvgIpc) is 2.60. The van der Waals surface area contributed by atoms with Crippen LogP contribution in [0.25, 0.3) is 0 Å². The van der Waals surface area contributed by atoms with Crippen molar-refractivity contribution in [3.8, 4) is 0 Å². The molecule has 0 spiro atoms. The maximum atomic E-state index is 12.2. The first-order valence-corrected chi connectivity index (χ1v) is 8.06. The summed E-state index contributed by atoms with van der Waals surface area (Å²) in [4.78, 5) is 27.0. The third-order valence-corrected chi connectivity index (χ3v) is 3.64. The molecule has 0 saturated carbocycles. The summed E-state index contributed by atoms with van der Waals surface area (Å²) in [6.45, 7) is -0.376. The lowest BCUT2D eigenvalue weighted by molar-refractivity contribution is -0.384. The minimum atomic E-state index is -2.51. The highest BCUT2D eigenvalue weighted by Gasteiger charge is 2.07. The number of carbonyl (C=O) groups is 1. The molecule has 0 unspecified atom stereocenters. The summed E-state index contributed by atoms with van der Waals surface area (Å²) < 4.78 is 24.4. The van der Waals surface area contributed by atoms with E-state index in [1.807, 2.05) is 0 Å². The van der Waals surface area contributed by atoms with E-state index in [2.05, 4.69) is 10.5 Å². The zero-order valence-electron chi connectivity index (χ0n) is 13.2. The maximum absolute atomic E-state index is 12.2. The molecule has 1 N–H and O–H groups in total. The number of oxime groups is 1. The maximum Gasteiger partial charge on any atom is 0.288 e. The smallest absolute Gasteiger partial charge is 0.288 e. The molecule has 0 saturated heterocycles. The van der Waals surface area contributed by atoms with Crippen LogP contribution in [0.15, 0.2) is 58.6 Å². The molecule has 2 aromatic rings. The Balaban J connectivity index is 1.80. The second kappa shape index (κ2) is 9.47. The first-order chi connectivity index (χ1) is 12.4. The van der Waals surface area contributed by atoms with Gasteiger partial charge < -0.3 is 10.2 Å². The van der Waals surface area contributed by atoms with Gasteiger partial charge in [-0.25, -0.2) is 0 Å². The molecule has 0 aliphatic carbocycles. The highest BCUT2D eigenvalue weighted by atomic mass is 32.2. The molecule has 2 aromatic carbocycles. The number of benzene rings is 2. The van der Waals surface area contributed by atoms with Gasteiger partial charge in [0.05, 0.1) is 11.1 Å². The van der Waals surface area contributed by atoms with E-state index in [9.17, 15) is 23.7 Å². The molecule has 2 rings (SSSR count). The van der Waals surface area contributed by atoms with E-state index in [4.69, 9.17) is 4.84 Å². The third-order valence-electron chi connectivity index (χ3n) is 2.92. The van der Waals surface area contributed by atoms with Crippen molar-refractivity contribution >= 4 is 35.3 Å². The molecule has 0 radical (unpaired) electrons. The number of carbonyl (C=O) groups excluding carboxylic acids is 1. The number of halogens is 2. The van der Waals surface area contributed by atoms with Gasteiger partial charge in [0.2, 0.25) is 0 Å². The number of nitrogens with zero attached hydrogens (tertiary/aromatic N) is 2. The topological polar surface area (TPSA) is 93.8 Å². The van der Waals surface area contributed by atoms with Crippen LogP contribution in [0.5, 0.6) is 0 Å². The van der Waals surface area contributed by atoms with Crippen LogP contribution in [0.2, 0.25) is 0 Å². The van der Waals surface area contributed by atoms with Crippen molar-refractivity contribution in [1.82, 2.24) is 0 Å². The second-order valence-electron chi connectivity index (χ2n) is 4.81. The monoisotopic (exact) mass is 381 g/mol. The fraction of sp³-hybridized carbons (Fsp3) is 0.125. The Morgan fingerprint density at radius 3 is 2.69 bits per heavy atom. The Labute approximate surface area is 151 Å². The minimum absolute atomic E-state index is 0.0832. The Morgan fingerprint density at radius 1 is 1.31 bits per heavy atom. The van der Waals surface area contributed by atoms with Gasteiger partial charge in [-0.3, -0.25) is 14.9 Å². The molecule has 1 amide bonds. The van der Waals surface area contributed by atoms with Gasteiger partial charge in [0.1, 0.15) is 0 Å². The van der Waals surface area contributed by atoms with Crippen LogP contribution in [-0.4, -0.2) is 29.4 Å². The molecule has 0 fully saturated rings. The Bertz CT molecular complexity index is 800. The van der Waals surface area contributed by atoms with E-state index in [1.54, 1.807) is 6.07 Å². The standard InChI is InChI=1S/C16H13F2N3O4S/c17-16(18)26-14-6-4-12(5-7-14)20-15(22)10-25-19-9-11-2-1-3-13(8-11)21(23)24/h1-9,16H,10H2,(H,20,22). The lowest BCUT2D eigenvalue weighted by Gasteiger charge is -2.05. The number of nitro groups is 1.